The van der Waals surface area contributed by atoms with Crippen molar-refractivity contribution in [2.75, 3.05) is 7.11 Å². The zero-order valence-corrected chi connectivity index (χ0v) is 10.0. The van der Waals surface area contributed by atoms with E-state index < -0.39 is 0 Å². The largest absolute Gasteiger partial charge is 0.381 e. The average molecular weight is 229 g/mol. The zero-order valence-electron chi connectivity index (χ0n) is 10.0. The summed E-state index contributed by atoms with van der Waals surface area (Å²) in [7, 11) is 1.61. The van der Waals surface area contributed by atoms with Gasteiger partial charge >= 0.3 is 0 Å². The quantitative estimate of drug-likeness (QED) is 0.757. The number of hydrogen-bond donors (Lipinski definition) is 0. The van der Waals surface area contributed by atoms with Crippen molar-refractivity contribution in [3.05, 3.63) is 42.2 Å². The third-order valence-electron chi connectivity index (χ3n) is 2.84. The Balaban J connectivity index is 2.38. The second kappa shape index (κ2) is 5.06. The van der Waals surface area contributed by atoms with Gasteiger partial charge in [0.15, 0.2) is 5.78 Å². The van der Waals surface area contributed by atoms with E-state index in [-0.39, 0.29) is 11.9 Å². The van der Waals surface area contributed by atoms with Gasteiger partial charge in [0.2, 0.25) is 0 Å². The number of fused-ring (bicyclic) bond motifs is 1. The Morgan fingerprint density at radius 3 is 2.88 bits per heavy atom. The lowest BCUT2D eigenvalue weighted by molar-refractivity contribution is 0.0793. The molecule has 3 nitrogen and oxygen atoms in total. The molecule has 3 heteroatoms. The van der Waals surface area contributed by atoms with E-state index in [1.807, 2.05) is 31.2 Å². The fraction of sp³-hybridized carbons (Fsp3) is 0.286. The lowest BCUT2D eigenvalue weighted by atomic mass is 10.0. The minimum Gasteiger partial charge on any atom is -0.381 e. The first-order chi connectivity index (χ1) is 8.22. The second-order valence-corrected chi connectivity index (χ2v) is 4.08. The first kappa shape index (κ1) is 11.7. The van der Waals surface area contributed by atoms with Crippen LogP contribution in [0.1, 0.15) is 23.7 Å². The zero-order chi connectivity index (χ0) is 12.3. The monoisotopic (exact) mass is 229 g/mol. The standard InChI is InChI=1S/C14H15NO2/c1-10(17-2)7-14(16)13-9-15-8-11-5-3-4-6-12(11)13/h3-6,8-10H,7H2,1-2H3. The van der Waals surface area contributed by atoms with E-state index in [2.05, 4.69) is 4.98 Å². The smallest absolute Gasteiger partial charge is 0.167 e. The van der Waals surface area contributed by atoms with E-state index in [1.54, 1.807) is 19.5 Å². The number of nitrogens with zero attached hydrogens (tertiary/aromatic N) is 1. The number of benzene rings is 1. The fourth-order valence-electron chi connectivity index (χ4n) is 1.79. The van der Waals surface area contributed by atoms with Crippen molar-refractivity contribution in [1.82, 2.24) is 4.98 Å². The molecule has 1 aromatic carbocycles. The van der Waals surface area contributed by atoms with Crippen LogP contribution in [-0.2, 0) is 4.74 Å². The van der Waals surface area contributed by atoms with Crippen molar-refractivity contribution in [2.24, 2.45) is 0 Å². The first-order valence-corrected chi connectivity index (χ1v) is 5.61. The summed E-state index contributed by atoms with van der Waals surface area (Å²) in [4.78, 5) is 16.2. The number of carbonyl (C=O) groups excluding carboxylic acids is 1. The summed E-state index contributed by atoms with van der Waals surface area (Å²) in [5, 5.41) is 1.94. The molecule has 1 heterocycles. The van der Waals surface area contributed by atoms with Gasteiger partial charge in [-0.2, -0.15) is 0 Å². The average Bonchev–Trinajstić information content (AvgIpc) is 2.37. The lowest BCUT2D eigenvalue weighted by Gasteiger charge is -2.09. The van der Waals surface area contributed by atoms with E-state index in [0.29, 0.717) is 12.0 Å². The summed E-state index contributed by atoms with van der Waals surface area (Å²) in [6, 6.07) is 7.77. The third-order valence-corrected chi connectivity index (χ3v) is 2.84. The molecule has 17 heavy (non-hydrogen) atoms. The molecular weight excluding hydrogens is 214 g/mol. The molecule has 0 N–H and O–H groups in total. The minimum atomic E-state index is -0.0681. The molecule has 0 spiro atoms. The molecule has 0 saturated carbocycles. The highest BCUT2D eigenvalue weighted by Gasteiger charge is 2.13. The van der Waals surface area contributed by atoms with Gasteiger partial charge in [-0.15, -0.1) is 0 Å². The maximum absolute atomic E-state index is 12.1. The SMILES string of the molecule is COC(C)CC(=O)c1cncc2ccccc12. The van der Waals surface area contributed by atoms with Crippen molar-refractivity contribution in [3.63, 3.8) is 0 Å². The van der Waals surface area contributed by atoms with Crippen molar-refractivity contribution in [1.29, 1.82) is 0 Å². The van der Waals surface area contributed by atoms with Crippen LogP contribution in [0.15, 0.2) is 36.7 Å². The van der Waals surface area contributed by atoms with Crippen LogP contribution in [0, 0.1) is 0 Å². The minimum absolute atomic E-state index is 0.0681. The topological polar surface area (TPSA) is 39.2 Å². The van der Waals surface area contributed by atoms with Gasteiger partial charge in [0.1, 0.15) is 0 Å². The number of hydrogen-bond acceptors (Lipinski definition) is 3. The maximum atomic E-state index is 12.1. The summed E-state index contributed by atoms with van der Waals surface area (Å²) in [5.41, 5.74) is 0.673. The summed E-state index contributed by atoms with van der Waals surface area (Å²) < 4.78 is 5.11. The van der Waals surface area contributed by atoms with E-state index >= 15 is 0 Å². The van der Waals surface area contributed by atoms with Gasteiger partial charge in [-0.25, -0.2) is 0 Å². The molecule has 1 aromatic heterocycles. The summed E-state index contributed by atoms with van der Waals surface area (Å²) in [6.45, 7) is 1.89. The van der Waals surface area contributed by atoms with Gasteiger partial charge < -0.3 is 4.74 Å². The van der Waals surface area contributed by atoms with Gasteiger partial charge in [0.25, 0.3) is 0 Å². The van der Waals surface area contributed by atoms with Crippen LogP contribution in [0.5, 0.6) is 0 Å². The van der Waals surface area contributed by atoms with Crippen LogP contribution in [-0.4, -0.2) is 24.0 Å². The van der Waals surface area contributed by atoms with Crippen molar-refractivity contribution in [3.8, 4) is 0 Å². The van der Waals surface area contributed by atoms with Crippen molar-refractivity contribution >= 4 is 16.6 Å². The van der Waals surface area contributed by atoms with E-state index in [1.165, 1.54) is 0 Å². The maximum Gasteiger partial charge on any atom is 0.167 e. The Morgan fingerprint density at radius 2 is 2.12 bits per heavy atom. The molecule has 2 aromatic rings. The van der Waals surface area contributed by atoms with E-state index in [4.69, 9.17) is 4.74 Å². The predicted octanol–water partition coefficient (Wildman–Crippen LogP) is 2.84. The molecule has 0 amide bonds. The highest BCUT2D eigenvalue weighted by atomic mass is 16.5. The highest BCUT2D eigenvalue weighted by Crippen LogP contribution is 2.19. The second-order valence-electron chi connectivity index (χ2n) is 4.08. The number of ketones is 1. The molecule has 0 aliphatic heterocycles. The van der Waals surface area contributed by atoms with Crippen LogP contribution >= 0.6 is 0 Å². The Bertz CT molecular complexity index is 531. The lowest BCUT2D eigenvalue weighted by Crippen LogP contribution is -2.12. The summed E-state index contributed by atoms with van der Waals surface area (Å²) in [5.74, 6) is 0.0728. The Labute approximate surface area is 100 Å². The van der Waals surface area contributed by atoms with Crippen LogP contribution in [0.4, 0.5) is 0 Å². The third kappa shape index (κ3) is 2.50. The molecule has 2 rings (SSSR count). The molecule has 1 unspecified atom stereocenters. The first-order valence-electron chi connectivity index (χ1n) is 5.61. The Kier molecular flexibility index (Phi) is 3.49. The van der Waals surface area contributed by atoms with Crippen LogP contribution < -0.4 is 0 Å². The molecule has 0 radical (unpaired) electrons. The molecule has 1 atom stereocenters. The predicted molar refractivity (Wildman–Crippen MR) is 67.2 cm³/mol. The van der Waals surface area contributed by atoms with Crippen LogP contribution in [0.3, 0.4) is 0 Å². The van der Waals surface area contributed by atoms with Gasteiger partial charge in [0.05, 0.1) is 6.10 Å². The number of rotatable bonds is 4. The van der Waals surface area contributed by atoms with E-state index in [0.717, 1.165) is 10.8 Å². The van der Waals surface area contributed by atoms with Gasteiger partial charge in [0, 0.05) is 36.9 Å². The number of carbonyl (C=O) groups is 1. The van der Waals surface area contributed by atoms with E-state index in [9.17, 15) is 4.79 Å². The van der Waals surface area contributed by atoms with Gasteiger partial charge in [-0.1, -0.05) is 24.3 Å². The number of pyridine rings is 1. The molecule has 0 fully saturated rings. The normalized spacial score (nSPS) is 12.6. The fourth-order valence-corrected chi connectivity index (χ4v) is 1.79. The molecular formula is C14H15NO2. The highest BCUT2D eigenvalue weighted by molar-refractivity contribution is 6.07. The number of ether oxygens (including phenoxy) is 1. The molecule has 88 valence electrons. The Morgan fingerprint density at radius 1 is 1.35 bits per heavy atom. The van der Waals surface area contributed by atoms with Crippen molar-refractivity contribution < 1.29 is 9.53 Å². The van der Waals surface area contributed by atoms with Gasteiger partial charge in [-0.3, -0.25) is 9.78 Å². The van der Waals surface area contributed by atoms with Crippen LogP contribution in [0.25, 0.3) is 10.8 Å². The Hall–Kier alpha value is -1.74. The van der Waals surface area contributed by atoms with Crippen molar-refractivity contribution in [2.45, 2.75) is 19.4 Å². The number of Topliss-reactive ketones (excluding diaryl/α,β-unsaturated/α-hetero) is 1. The molecule has 0 aliphatic rings. The summed E-state index contributed by atoms with van der Waals surface area (Å²) in [6.07, 6.45) is 3.71. The molecule has 0 aliphatic carbocycles. The van der Waals surface area contributed by atoms with Gasteiger partial charge in [-0.05, 0) is 12.3 Å². The molecule has 0 bridgehead atoms. The van der Waals surface area contributed by atoms with Crippen LogP contribution in [0.2, 0.25) is 0 Å². The molecule has 0 saturated heterocycles. The summed E-state index contributed by atoms with van der Waals surface area (Å²) >= 11 is 0. The number of methoxy groups -OCH3 is 1. The number of aromatic nitrogens is 1.